The summed E-state index contributed by atoms with van der Waals surface area (Å²) in [6.45, 7) is 0.194. The number of nitrogens with zero attached hydrogens (tertiary/aromatic N) is 1. The number of esters is 1. The van der Waals surface area contributed by atoms with Gasteiger partial charge in [0.1, 0.15) is 0 Å². The van der Waals surface area contributed by atoms with Crippen LogP contribution in [0.3, 0.4) is 0 Å². The summed E-state index contributed by atoms with van der Waals surface area (Å²) in [5.74, 6) is 0.485. The van der Waals surface area contributed by atoms with Crippen molar-refractivity contribution in [2.45, 2.75) is 6.54 Å². The van der Waals surface area contributed by atoms with Gasteiger partial charge in [-0.2, -0.15) is 5.10 Å². The topological polar surface area (TPSA) is 69.2 Å². The molecule has 2 aromatic rings. The highest BCUT2D eigenvalue weighted by Crippen LogP contribution is 2.33. The Labute approximate surface area is 180 Å². The second-order valence-corrected chi connectivity index (χ2v) is 7.17. The van der Waals surface area contributed by atoms with Crippen molar-refractivity contribution in [2.24, 2.45) is 5.10 Å². The molecule has 1 N–H and O–H groups in total. The van der Waals surface area contributed by atoms with Crippen LogP contribution in [0.2, 0.25) is 10.0 Å². The number of rotatable bonds is 8. The highest BCUT2D eigenvalue weighted by molar-refractivity contribution is 14.1. The first kappa shape index (κ1) is 21.6. The van der Waals surface area contributed by atoms with E-state index >= 15 is 0 Å². The molecule has 0 amide bonds. The van der Waals surface area contributed by atoms with Gasteiger partial charge in [0, 0.05) is 15.6 Å². The molecule has 0 aliphatic carbocycles. The molecular formula is C18H17Cl2IN2O4. The monoisotopic (exact) mass is 522 g/mol. The minimum absolute atomic E-state index is 0.198. The zero-order chi connectivity index (χ0) is 19.8. The first-order valence-electron chi connectivity index (χ1n) is 7.72. The van der Waals surface area contributed by atoms with Crippen LogP contribution in [0.25, 0.3) is 0 Å². The second-order valence-electron chi connectivity index (χ2n) is 5.19. The van der Waals surface area contributed by atoms with Gasteiger partial charge >= 0.3 is 5.97 Å². The lowest BCUT2D eigenvalue weighted by molar-refractivity contribution is -0.142. The molecule has 0 aromatic heterocycles. The molecule has 0 radical (unpaired) electrons. The van der Waals surface area contributed by atoms with Gasteiger partial charge in [-0.3, -0.25) is 0 Å². The largest absolute Gasteiger partial charge is 0.493 e. The van der Waals surface area contributed by atoms with Crippen molar-refractivity contribution in [3.8, 4) is 11.5 Å². The number of hydrogen-bond donors (Lipinski definition) is 1. The summed E-state index contributed by atoms with van der Waals surface area (Å²) in [5.41, 5.74) is 4.48. The molecule has 0 heterocycles. The summed E-state index contributed by atoms with van der Waals surface area (Å²) < 4.78 is 16.2. The summed E-state index contributed by atoms with van der Waals surface area (Å²) in [4.78, 5) is 11.3. The molecule has 0 unspecified atom stereocenters. The first-order valence-corrected chi connectivity index (χ1v) is 9.55. The van der Waals surface area contributed by atoms with Gasteiger partial charge in [-0.25, -0.2) is 4.79 Å². The van der Waals surface area contributed by atoms with Crippen molar-refractivity contribution in [3.63, 3.8) is 0 Å². The minimum Gasteiger partial charge on any atom is -0.493 e. The maximum Gasteiger partial charge on any atom is 0.343 e. The van der Waals surface area contributed by atoms with E-state index in [1.165, 1.54) is 14.2 Å². The highest BCUT2D eigenvalue weighted by atomic mass is 127. The number of methoxy groups -OCH3 is 2. The zero-order valence-electron chi connectivity index (χ0n) is 14.6. The van der Waals surface area contributed by atoms with E-state index in [1.54, 1.807) is 30.5 Å². The Hall–Kier alpha value is -1.71. The van der Waals surface area contributed by atoms with Crippen molar-refractivity contribution in [1.29, 1.82) is 0 Å². The van der Waals surface area contributed by atoms with Gasteiger partial charge in [0.05, 0.1) is 30.5 Å². The van der Waals surface area contributed by atoms with E-state index in [-0.39, 0.29) is 6.61 Å². The smallest absolute Gasteiger partial charge is 0.343 e. The van der Waals surface area contributed by atoms with E-state index in [1.807, 2.05) is 6.07 Å². The Morgan fingerprint density at radius 3 is 2.59 bits per heavy atom. The summed E-state index contributed by atoms with van der Waals surface area (Å²) in [6, 6.07) is 8.93. The Bertz CT molecular complexity index is 826. The average Bonchev–Trinajstić information content (AvgIpc) is 2.65. The molecule has 0 atom stereocenters. The summed E-state index contributed by atoms with van der Waals surface area (Å²) >= 11 is 14.3. The van der Waals surface area contributed by atoms with Gasteiger partial charge in [-0.15, -0.1) is 0 Å². The maximum absolute atomic E-state index is 11.3. The Kier molecular flexibility index (Phi) is 8.46. The lowest BCUT2D eigenvalue weighted by Crippen LogP contribution is -2.13. The number of hydrogen-bond acceptors (Lipinski definition) is 6. The number of nitrogens with one attached hydrogen (secondary N) is 1. The molecule has 9 heteroatoms. The molecule has 2 aromatic carbocycles. The standard InChI is InChI=1S/C18H17Cl2IN2O4/c1-25-16-7-11(6-15(21)18(16)27-10-17(24)26-2)8-22-23-9-12-13(19)4-3-5-14(12)20/h3-8,23H,9-10H2,1-2H3/b22-8-. The molecule has 27 heavy (non-hydrogen) atoms. The van der Waals surface area contributed by atoms with E-state index in [9.17, 15) is 4.79 Å². The molecule has 6 nitrogen and oxygen atoms in total. The summed E-state index contributed by atoms with van der Waals surface area (Å²) in [6.07, 6.45) is 1.64. The predicted molar refractivity (Wildman–Crippen MR) is 114 cm³/mol. The third kappa shape index (κ3) is 6.15. The van der Waals surface area contributed by atoms with Crippen LogP contribution in [0, 0.1) is 3.57 Å². The lowest BCUT2D eigenvalue weighted by atomic mass is 10.2. The number of halogens is 3. The fourth-order valence-electron chi connectivity index (χ4n) is 2.09. The zero-order valence-corrected chi connectivity index (χ0v) is 18.3. The van der Waals surface area contributed by atoms with Gasteiger partial charge in [0.2, 0.25) is 0 Å². The Morgan fingerprint density at radius 2 is 1.96 bits per heavy atom. The Morgan fingerprint density at radius 1 is 1.26 bits per heavy atom. The number of benzene rings is 2. The van der Waals surface area contributed by atoms with Gasteiger partial charge in [-0.05, 0) is 52.4 Å². The molecule has 0 saturated carbocycles. The normalized spacial score (nSPS) is 10.7. The van der Waals surface area contributed by atoms with Crippen LogP contribution in [-0.4, -0.2) is 33.0 Å². The van der Waals surface area contributed by atoms with Crippen molar-refractivity contribution >= 4 is 58.0 Å². The molecule has 2 rings (SSSR count). The molecule has 0 aliphatic rings. The van der Waals surface area contributed by atoms with Crippen LogP contribution in [0.15, 0.2) is 35.4 Å². The van der Waals surface area contributed by atoms with Crippen LogP contribution in [-0.2, 0) is 16.1 Å². The van der Waals surface area contributed by atoms with Crippen molar-refractivity contribution in [1.82, 2.24) is 5.43 Å². The quantitative estimate of drug-likeness (QED) is 0.242. The minimum atomic E-state index is -0.471. The van der Waals surface area contributed by atoms with E-state index in [0.717, 1.165) is 14.7 Å². The molecule has 0 aliphatic heterocycles. The first-order chi connectivity index (χ1) is 13.0. The molecular weight excluding hydrogens is 506 g/mol. The van der Waals surface area contributed by atoms with Gasteiger partial charge in [0.15, 0.2) is 18.1 Å². The lowest BCUT2D eigenvalue weighted by Gasteiger charge is -2.12. The second kappa shape index (κ2) is 10.6. The van der Waals surface area contributed by atoms with E-state index < -0.39 is 5.97 Å². The van der Waals surface area contributed by atoms with Gasteiger partial charge in [-0.1, -0.05) is 29.3 Å². The van der Waals surface area contributed by atoms with E-state index in [2.05, 4.69) is 37.9 Å². The molecule has 0 fully saturated rings. The van der Waals surface area contributed by atoms with Crippen LogP contribution in [0.4, 0.5) is 0 Å². The van der Waals surface area contributed by atoms with Crippen LogP contribution >= 0.6 is 45.8 Å². The maximum atomic E-state index is 11.3. The number of hydrazone groups is 1. The molecule has 0 spiro atoms. The van der Waals surface area contributed by atoms with Crippen LogP contribution in [0.1, 0.15) is 11.1 Å². The highest BCUT2D eigenvalue weighted by Gasteiger charge is 2.13. The fraction of sp³-hybridized carbons (Fsp3) is 0.222. The number of carbonyl (C=O) groups is 1. The van der Waals surface area contributed by atoms with Crippen LogP contribution < -0.4 is 14.9 Å². The third-order valence-corrected chi connectivity index (χ3v) is 4.95. The molecule has 0 bridgehead atoms. The van der Waals surface area contributed by atoms with Crippen molar-refractivity contribution in [2.75, 3.05) is 20.8 Å². The van der Waals surface area contributed by atoms with Crippen molar-refractivity contribution in [3.05, 3.63) is 55.1 Å². The Balaban J connectivity index is 2.07. The third-order valence-electron chi connectivity index (χ3n) is 3.44. The van der Waals surface area contributed by atoms with E-state index in [4.69, 9.17) is 32.7 Å². The SMILES string of the molecule is COC(=O)COc1c(I)cc(/C=N\NCc2c(Cl)cccc2Cl)cc1OC. The average molecular weight is 523 g/mol. The van der Waals surface area contributed by atoms with Crippen molar-refractivity contribution < 1.29 is 19.0 Å². The van der Waals surface area contributed by atoms with Crippen LogP contribution in [0.5, 0.6) is 11.5 Å². The van der Waals surface area contributed by atoms with E-state index in [0.29, 0.717) is 28.1 Å². The predicted octanol–water partition coefficient (Wildman–Crippen LogP) is 4.28. The number of ether oxygens (including phenoxy) is 3. The van der Waals surface area contributed by atoms with Gasteiger partial charge < -0.3 is 19.6 Å². The number of carbonyl (C=O) groups excluding carboxylic acids is 1. The summed E-state index contributed by atoms with van der Waals surface area (Å²) in [7, 11) is 2.82. The molecule has 144 valence electrons. The summed E-state index contributed by atoms with van der Waals surface area (Å²) in [5, 5.41) is 5.34. The fourth-order valence-corrected chi connectivity index (χ4v) is 3.40. The molecule has 0 saturated heterocycles. The van der Waals surface area contributed by atoms with Gasteiger partial charge in [0.25, 0.3) is 0 Å².